The minimum Gasteiger partial charge on any atom is -0.458 e. The van der Waals surface area contributed by atoms with Crippen LogP contribution in [0.25, 0.3) is 0 Å². The zero-order valence-electron chi connectivity index (χ0n) is 15.7. The summed E-state index contributed by atoms with van der Waals surface area (Å²) in [4.78, 5) is 13.7. The van der Waals surface area contributed by atoms with Crippen LogP contribution in [-0.4, -0.2) is 5.97 Å². The Kier molecular flexibility index (Phi) is 5.72. The van der Waals surface area contributed by atoms with Gasteiger partial charge in [-0.05, 0) is 44.2 Å². The fourth-order valence-corrected chi connectivity index (χ4v) is 2.87. The van der Waals surface area contributed by atoms with Crippen LogP contribution in [-0.2, 0) is 16.1 Å². The Bertz CT molecular complexity index is 882. The van der Waals surface area contributed by atoms with Crippen LogP contribution in [0.5, 0.6) is 0 Å². The molecule has 0 aliphatic rings. The average Bonchev–Trinajstić information content (AvgIpc) is 2.70. The zero-order chi connectivity index (χ0) is 19.2. The second kappa shape index (κ2) is 8.37. The molecule has 3 aromatic rings. The number of hydrogen-bond donors (Lipinski definition) is 0. The molecular formula is C24H23NO2. The van der Waals surface area contributed by atoms with Gasteiger partial charge in [0.15, 0.2) is 0 Å². The van der Waals surface area contributed by atoms with Crippen molar-refractivity contribution in [3.05, 3.63) is 102 Å². The predicted molar refractivity (Wildman–Crippen MR) is 111 cm³/mol. The molecule has 3 heteroatoms. The van der Waals surface area contributed by atoms with Crippen molar-refractivity contribution in [2.75, 3.05) is 4.90 Å². The fraction of sp³-hybridized carbons (Fsp3) is 0.125. The van der Waals surface area contributed by atoms with Crippen molar-refractivity contribution in [1.29, 1.82) is 0 Å². The molecule has 0 fully saturated rings. The second-order valence-corrected chi connectivity index (χ2v) is 6.45. The normalized spacial score (nSPS) is 10.3. The molecule has 0 aliphatic heterocycles. The molecule has 27 heavy (non-hydrogen) atoms. The minimum absolute atomic E-state index is 0.190. The number of benzene rings is 3. The highest BCUT2D eigenvalue weighted by Crippen LogP contribution is 2.37. The Hall–Kier alpha value is -3.33. The van der Waals surface area contributed by atoms with E-state index in [1.165, 1.54) is 17.2 Å². The van der Waals surface area contributed by atoms with E-state index in [1.54, 1.807) is 0 Å². The van der Waals surface area contributed by atoms with E-state index in [2.05, 4.69) is 73.9 Å². The van der Waals surface area contributed by atoms with E-state index in [9.17, 15) is 4.79 Å². The predicted octanol–water partition coefficient (Wildman–Crippen LogP) is 6.00. The quantitative estimate of drug-likeness (QED) is 0.400. The fourth-order valence-electron chi connectivity index (χ4n) is 2.87. The topological polar surface area (TPSA) is 29.5 Å². The monoisotopic (exact) mass is 357 g/mol. The third-order valence-corrected chi connectivity index (χ3v) is 4.35. The third-order valence-electron chi connectivity index (χ3n) is 4.35. The van der Waals surface area contributed by atoms with Crippen molar-refractivity contribution in [1.82, 2.24) is 0 Å². The standard InChI is InChI=1S/C24H23NO2/c1-4-24(26)27-17-20-7-5-6-8-23(20)25(21-13-9-18(2)10-14-21)22-15-11-19(3)12-16-22/h4-16H,1,17H2,2-3H3. The van der Waals surface area contributed by atoms with E-state index < -0.39 is 5.97 Å². The van der Waals surface area contributed by atoms with Crippen LogP contribution in [0.4, 0.5) is 17.1 Å². The average molecular weight is 357 g/mol. The van der Waals surface area contributed by atoms with Crippen LogP contribution in [0.15, 0.2) is 85.5 Å². The van der Waals surface area contributed by atoms with Gasteiger partial charge in [-0.15, -0.1) is 0 Å². The van der Waals surface area contributed by atoms with Crippen LogP contribution in [0.3, 0.4) is 0 Å². The molecule has 3 nitrogen and oxygen atoms in total. The number of aryl methyl sites for hydroxylation is 2. The van der Waals surface area contributed by atoms with Gasteiger partial charge in [-0.3, -0.25) is 0 Å². The van der Waals surface area contributed by atoms with E-state index in [0.29, 0.717) is 0 Å². The van der Waals surface area contributed by atoms with Gasteiger partial charge in [0.05, 0.1) is 5.69 Å². The number of carbonyl (C=O) groups is 1. The number of nitrogens with zero attached hydrogens (tertiary/aromatic N) is 1. The Morgan fingerprint density at radius 3 is 1.93 bits per heavy atom. The highest BCUT2D eigenvalue weighted by atomic mass is 16.5. The SMILES string of the molecule is C=CC(=O)OCc1ccccc1N(c1ccc(C)cc1)c1ccc(C)cc1. The number of para-hydroxylation sites is 1. The van der Waals surface area contributed by atoms with Gasteiger partial charge in [0.25, 0.3) is 0 Å². The molecule has 0 aromatic heterocycles. The Morgan fingerprint density at radius 2 is 1.41 bits per heavy atom. The molecule has 3 aromatic carbocycles. The van der Waals surface area contributed by atoms with Gasteiger partial charge in [-0.1, -0.05) is 60.2 Å². The van der Waals surface area contributed by atoms with Gasteiger partial charge >= 0.3 is 5.97 Å². The maximum atomic E-state index is 11.5. The Labute approximate surface area is 160 Å². The molecule has 0 radical (unpaired) electrons. The van der Waals surface area contributed by atoms with E-state index in [0.717, 1.165) is 22.6 Å². The number of rotatable bonds is 6. The molecule has 0 heterocycles. The van der Waals surface area contributed by atoms with Gasteiger partial charge in [0.2, 0.25) is 0 Å². The second-order valence-electron chi connectivity index (χ2n) is 6.45. The summed E-state index contributed by atoms with van der Waals surface area (Å²) in [5.41, 5.74) is 6.40. The summed E-state index contributed by atoms with van der Waals surface area (Å²) in [7, 11) is 0. The van der Waals surface area contributed by atoms with Gasteiger partial charge in [0, 0.05) is 23.0 Å². The molecule has 0 saturated carbocycles. The number of carbonyl (C=O) groups excluding carboxylic acids is 1. The summed E-state index contributed by atoms with van der Waals surface area (Å²) in [6.45, 7) is 7.79. The van der Waals surface area contributed by atoms with Crippen LogP contribution < -0.4 is 4.90 Å². The number of esters is 1. The first kappa shape index (κ1) is 18.5. The zero-order valence-corrected chi connectivity index (χ0v) is 15.7. The summed E-state index contributed by atoms with van der Waals surface area (Å²) in [5.74, 6) is -0.429. The molecule has 136 valence electrons. The Balaban J connectivity index is 2.08. The lowest BCUT2D eigenvalue weighted by Crippen LogP contribution is -2.13. The van der Waals surface area contributed by atoms with Crippen LogP contribution in [0.1, 0.15) is 16.7 Å². The number of anilines is 3. The first-order valence-corrected chi connectivity index (χ1v) is 8.89. The molecule has 0 amide bonds. The first-order chi connectivity index (χ1) is 13.1. The van der Waals surface area contributed by atoms with Crippen molar-refractivity contribution in [2.24, 2.45) is 0 Å². The van der Waals surface area contributed by atoms with Crippen LogP contribution >= 0.6 is 0 Å². The first-order valence-electron chi connectivity index (χ1n) is 8.89. The smallest absolute Gasteiger partial charge is 0.330 e. The number of ether oxygens (including phenoxy) is 1. The molecule has 0 N–H and O–H groups in total. The molecule has 0 spiro atoms. The van der Waals surface area contributed by atoms with E-state index >= 15 is 0 Å². The molecule has 3 rings (SSSR count). The van der Waals surface area contributed by atoms with Crippen molar-refractivity contribution >= 4 is 23.0 Å². The largest absolute Gasteiger partial charge is 0.458 e. The molecule has 0 saturated heterocycles. The van der Waals surface area contributed by atoms with Gasteiger partial charge in [-0.25, -0.2) is 4.79 Å². The van der Waals surface area contributed by atoms with E-state index in [4.69, 9.17) is 4.74 Å². The summed E-state index contributed by atoms with van der Waals surface area (Å²) in [5, 5.41) is 0. The highest BCUT2D eigenvalue weighted by molar-refractivity contribution is 5.82. The van der Waals surface area contributed by atoms with Crippen molar-refractivity contribution in [3.8, 4) is 0 Å². The number of hydrogen-bond acceptors (Lipinski definition) is 3. The van der Waals surface area contributed by atoms with Gasteiger partial charge in [-0.2, -0.15) is 0 Å². The van der Waals surface area contributed by atoms with Gasteiger partial charge in [0.1, 0.15) is 6.61 Å². The van der Waals surface area contributed by atoms with Crippen molar-refractivity contribution < 1.29 is 9.53 Å². The van der Waals surface area contributed by atoms with Crippen LogP contribution in [0, 0.1) is 13.8 Å². The molecule has 0 atom stereocenters. The molecule has 0 unspecified atom stereocenters. The maximum absolute atomic E-state index is 11.5. The summed E-state index contributed by atoms with van der Waals surface area (Å²) < 4.78 is 5.29. The third kappa shape index (κ3) is 4.45. The Morgan fingerprint density at radius 1 is 0.889 bits per heavy atom. The highest BCUT2D eigenvalue weighted by Gasteiger charge is 2.16. The van der Waals surface area contributed by atoms with Crippen molar-refractivity contribution in [3.63, 3.8) is 0 Å². The molecule has 0 aliphatic carbocycles. The summed E-state index contributed by atoms with van der Waals surface area (Å²) >= 11 is 0. The van der Waals surface area contributed by atoms with E-state index in [1.807, 2.05) is 24.3 Å². The summed E-state index contributed by atoms with van der Waals surface area (Å²) in [6, 6.07) is 24.7. The van der Waals surface area contributed by atoms with Crippen molar-refractivity contribution in [2.45, 2.75) is 20.5 Å². The molecular weight excluding hydrogens is 334 g/mol. The van der Waals surface area contributed by atoms with Crippen LogP contribution in [0.2, 0.25) is 0 Å². The lowest BCUT2D eigenvalue weighted by Gasteiger charge is -2.27. The maximum Gasteiger partial charge on any atom is 0.330 e. The summed E-state index contributed by atoms with van der Waals surface area (Å²) in [6.07, 6.45) is 1.18. The molecule has 0 bridgehead atoms. The van der Waals surface area contributed by atoms with E-state index in [-0.39, 0.29) is 6.61 Å². The minimum atomic E-state index is -0.429. The lowest BCUT2D eigenvalue weighted by atomic mass is 10.1. The van der Waals surface area contributed by atoms with Gasteiger partial charge < -0.3 is 9.64 Å². The lowest BCUT2D eigenvalue weighted by molar-refractivity contribution is -0.138.